The highest BCUT2D eigenvalue weighted by Gasteiger charge is 2.15. The van der Waals surface area contributed by atoms with Crippen molar-refractivity contribution in [2.45, 2.75) is 33.1 Å². The number of aromatic nitrogens is 2. The van der Waals surface area contributed by atoms with Crippen LogP contribution in [0.2, 0.25) is 0 Å². The third-order valence-corrected chi connectivity index (χ3v) is 4.35. The van der Waals surface area contributed by atoms with Gasteiger partial charge < -0.3 is 0 Å². The zero-order valence-electron chi connectivity index (χ0n) is 12.8. The molecule has 0 spiro atoms. The van der Waals surface area contributed by atoms with Gasteiger partial charge in [-0.3, -0.25) is 4.40 Å². The fraction of sp³-hybridized carbons (Fsp3) is 0.278. The molecule has 0 atom stereocenters. The smallest absolute Gasteiger partial charge is 0.145 e. The Labute approximate surface area is 134 Å². The Morgan fingerprint density at radius 1 is 1.05 bits per heavy atom. The summed E-state index contributed by atoms with van der Waals surface area (Å²) in [6.07, 6.45) is 2.08. The molecule has 0 radical (unpaired) electrons. The summed E-state index contributed by atoms with van der Waals surface area (Å²) in [7, 11) is 0. The molecule has 2 aromatic heterocycles. The molecule has 0 unspecified atom stereocenters. The van der Waals surface area contributed by atoms with Crippen molar-refractivity contribution >= 4 is 21.4 Å². The molecule has 3 rings (SSSR count). The molecular formula is C18H19BrN2. The van der Waals surface area contributed by atoms with Gasteiger partial charge in [-0.05, 0) is 51.5 Å². The highest BCUT2D eigenvalue weighted by molar-refractivity contribution is 9.10. The lowest BCUT2D eigenvalue weighted by atomic mass is 9.87. The van der Waals surface area contributed by atoms with Crippen molar-refractivity contribution in [3.05, 3.63) is 58.3 Å². The molecular weight excluding hydrogens is 324 g/mol. The van der Waals surface area contributed by atoms with Gasteiger partial charge in [0.2, 0.25) is 0 Å². The Bertz CT molecular complexity index is 792. The van der Waals surface area contributed by atoms with Gasteiger partial charge in [-0.2, -0.15) is 0 Å². The van der Waals surface area contributed by atoms with Crippen LogP contribution < -0.4 is 0 Å². The van der Waals surface area contributed by atoms with Crippen LogP contribution in [-0.2, 0) is 5.41 Å². The van der Waals surface area contributed by atoms with E-state index in [1.807, 2.05) is 0 Å². The predicted molar refractivity (Wildman–Crippen MR) is 91.8 cm³/mol. The Balaban J connectivity index is 2.13. The van der Waals surface area contributed by atoms with Gasteiger partial charge >= 0.3 is 0 Å². The Hall–Kier alpha value is -1.61. The van der Waals surface area contributed by atoms with Gasteiger partial charge in [0, 0.05) is 11.8 Å². The number of fused-ring (bicyclic) bond motifs is 1. The van der Waals surface area contributed by atoms with Crippen LogP contribution in [0.3, 0.4) is 0 Å². The first kappa shape index (κ1) is 14.3. The average Bonchev–Trinajstić information content (AvgIpc) is 2.75. The summed E-state index contributed by atoms with van der Waals surface area (Å²) >= 11 is 3.56. The van der Waals surface area contributed by atoms with E-state index in [2.05, 4.69) is 95.6 Å². The molecule has 108 valence electrons. The first-order valence-corrected chi connectivity index (χ1v) is 7.91. The van der Waals surface area contributed by atoms with Gasteiger partial charge in [0.05, 0.1) is 5.52 Å². The van der Waals surface area contributed by atoms with Crippen LogP contribution in [0, 0.1) is 6.92 Å². The summed E-state index contributed by atoms with van der Waals surface area (Å²) in [6.45, 7) is 8.78. The van der Waals surface area contributed by atoms with Crippen molar-refractivity contribution in [3.8, 4) is 11.4 Å². The van der Waals surface area contributed by atoms with E-state index in [4.69, 9.17) is 0 Å². The molecule has 1 aromatic carbocycles. The van der Waals surface area contributed by atoms with Crippen molar-refractivity contribution in [2.75, 3.05) is 0 Å². The minimum absolute atomic E-state index is 0.172. The van der Waals surface area contributed by atoms with E-state index in [0.717, 1.165) is 21.5 Å². The third-order valence-electron chi connectivity index (χ3n) is 3.76. The van der Waals surface area contributed by atoms with E-state index in [1.165, 1.54) is 11.1 Å². The number of rotatable bonds is 1. The average molecular weight is 343 g/mol. The second-order valence-electron chi connectivity index (χ2n) is 6.51. The van der Waals surface area contributed by atoms with Gasteiger partial charge in [0.1, 0.15) is 10.4 Å². The molecule has 3 heteroatoms. The standard InChI is InChI=1S/C18H19BrN2/c1-12-9-10-21-15(11-12)16(19)20-17(21)13-5-7-14(8-6-13)18(2,3)4/h5-11H,1-4H3. The van der Waals surface area contributed by atoms with E-state index in [9.17, 15) is 0 Å². The Morgan fingerprint density at radius 3 is 2.33 bits per heavy atom. The maximum atomic E-state index is 4.67. The first-order valence-electron chi connectivity index (χ1n) is 7.11. The van der Waals surface area contributed by atoms with Crippen LogP contribution in [0.25, 0.3) is 16.9 Å². The normalized spacial score (nSPS) is 12.0. The van der Waals surface area contributed by atoms with E-state index in [-0.39, 0.29) is 5.41 Å². The van der Waals surface area contributed by atoms with Crippen molar-refractivity contribution < 1.29 is 0 Å². The fourth-order valence-electron chi connectivity index (χ4n) is 2.48. The molecule has 0 aliphatic heterocycles. The van der Waals surface area contributed by atoms with Crippen molar-refractivity contribution in [3.63, 3.8) is 0 Å². The molecule has 0 fully saturated rings. The topological polar surface area (TPSA) is 17.3 Å². The molecule has 0 saturated carbocycles. The first-order chi connectivity index (χ1) is 9.86. The number of nitrogens with zero attached hydrogens (tertiary/aromatic N) is 2. The minimum atomic E-state index is 0.172. The summed E-state index contributed by atoms with van der Waals surface area (Å²) < 4.78 is 3.02. The predicted octanol–water partition coefficient (Wildman–Crippen LogP) is 5.37. The molecule has 0 aliphatic carbocycles. The van der Waals surface area contributed by atoms with Crippen LogP contribution >= 0.6 is 15.9 Å². The van der Waals surface area contributed by atoms with Gasteiger partial charge in [-0.15, -0.1) is 0 Å². The quantitative estimate of drug-likeness (QED) is 0.581. The lowest BCUT2D eigenvalue weighted by molar-refractivity contribution is 0.590. The van der Waals surface area contributed by atoms with Crippen LogP contribution in [-0.4, -0.2) is 9.38 Å². The maximum Gasteiger partial charge on any atom is 0.145 e. The number of hydrogen-bond acceptors (Lipinski definition) is 1. The summed E-state index contributed by atoms with van der Waals surface area (Å²) in [5.74, 6) is 0.970. The molecule has 21 heavy (non-hydrogen) atoms. The Morgan fingerprint density at radius 2 is 1.71 bits per heavy atom. The molecule has 2 heterocycles. The van der Waals surface area contributed by atoms with Gasteiger partial charge in [-0.1, -0.05) is 45.0 Å². The van der Waals surface area contributed by atoms with Crippen molar-refractivity contribution in [2.24, 2.45) is 0 Å². The zero-order chi connectivity index (χ0) is 15.2. The highest BCUT2D eigenvalue weighted by Crippen LogP contribution is 2.29. The SMILES string of the molecule is Cc1ccn2c(-c3ccc(C(C)(C)C)cc3)nc(Br)c2c1. The lowest BCUT2D eigenvalue weighted by Gasteiger charge is -2.19. The van der Waals surface area contributed by atoms with Crippen LogP contribution in [0.15, 0.2) is 47.2 Å². The number of hydrogen-bond donors (Lipinski definition) is 0. The van der Waals surface area contributed by atoms with Crippen LogP contribution in [0.1, 0.15) is 31.9 Å². The van der Waals surface area contributed by atoms with Gasteiger partial charge in [0.15, 0.2) is 0 Å². The molecule has 0 aliphatic rings. The number of benzene rings is 1. The monoisotopic (exact) mass is 342 g/mol. The molecule has 0 amide bonds. The molecule has 0 bridgehead atoms. The van der Waals surface area contributed by atoms with Crippen LogP contribution in [0.5, 0.6) is 0 Å². The largest absolute Gasteiger partial charge is 0.299 e. The second-order valence-corrected chi connectivity index (χ2v) is 7.26. The van der Waals surface area contributed by atoms with Crippen molar-refractivity contribution in [1.82, 2.24) is 9.38 Å². The highest BCUT2D eigenvalue weighted by atomic mass is 79.9. The van der Waals surface area contributed by atoms with E-state index < -0.39 is 0 Å². The van der Waals surface area contributed by atoms with Crippen LogP contribution in [0.4, 0.5) is 0 Å². The minimum Gasteiger partial charge on any atom is -0.299 e. The van der Waals surface area contributed by atoms with Crippen molar-refractivity contribution in [1.29, 1.82) is 0 Å². The van der Waals surface area contributed by atoms with Gasteiger partial charge in [-0.25, -0.2) is 4.98 Å². The number of pyridine rings is 1. The zero-order valence-corrected chi connectivity index (χ0v) is 14.4. The fourth-order valence-corrected chi connectivity index (χ4v) is 2.95. The van der Waals surface area contributed by atoms with E-state index >= 15 is 0 Å². The third kappa shape index (κ3) is 2.62. The molecule has 0 saturated heterocycles. The number of halogens is 1. The number of aryl methyl sites for hydroxylation is 1. The van der Waals surface area contributed by atoms with Gasteiger partial charge in [0.25, 0.3) is 0 Å². The summed E-state index contributed by atoms with van der Waals surface area (Å²) in [5, 5.41) is 0. The maximum absolute atomic E-state index is 4.67. The molecule has 3 aromatic rings. The molecule has 2 nitrogen and oxygen atoms in total. The Kier molecular flexibility index (Phi) is 3.40. The lowest BCUT2D eigenvalue weighted by Crippen LogP contribution is -2.10. The van der Waals surface area contributed by atoms with E-state index in [1.54, 1.807) is 0 Å². The second kappa shape index (κ2) is 4.99. The summed E-state index contributed by atoms with van der Waals surface area (Å²) in [6, 6.07) is 12.9. The summed E-state index contributed by atoms with van der Waals surface area (Å²) in [4.78, 5) is 4.67. The van der Waals surface area contributed by atoms with E-state index in [0.29, 0.717) is 0 Å². The molecule has 0 N–H and O–H groups in total. The summed E-state index contributed by atoms with van der Waals surface area (Å²) in [5.41, 5.74) is 4.97. The number of imidazole rings is 1.